The zero-order valence-corrected chi connectivity index (χ0v) is 13.8. The van der Waals surface area contributed by atoms with Gasteiger partial charge in [-0.25, -0.2) is 4.79 Å². The van der Waals surface area contributed by atoms with E-state index < -0.39 is 12.0 Å². The first-order valence-electron chi connectivity index (χ1n) is 7.89. The third kappa shape index (κ3) is 3.68. The summed E-state index contributed by atoms with van der Waals surface area (Å²) in [6, 6.07) is 15.2. The van der Waals surface area contributed by atoms with Crippen molar-refractivity contribution in [3.63, 3.8) is 0 Å². The van der Waals surface area contributed by atoms with E-state index in [2.05, 4.69) is 10.1 Å². The van der Waals surface area contributed by atoms with E-state index in [-0.39, 0.29) is 18.4 Å². The van der Waals surface area contributed by atoms with Crippen molar-refractivity contribution in [1.29, 1.82) is 0 Å². The number of amides is 2. The predicted octanol–water partition coefficient (Wildman–Crippen LogP) is 1.67. The van der Waals surface area contributed by atoms with Gasteiger partial charge in [0.2, 0.25) is 5.91 Å². The van der Waals surface area contributed by atoms with Gasteiger partial charge in [0.25, 0.3) is 5.91 Å². The van der Waals surface area contributed by atoms with Crippen LogP contribution in [0.4, 0.5) is 0 Å². The van der Waals surface area contributed by atoms with Gasteiger partial charge in [-0.05, 0) is 23.3 Å². The summed E-state index contributed by atoms with van der Waals surface area (Å²) < 4.78 is 4.66. The van der Waals surface area contributed by atoms with Crippen LogP contribution in [-0.4, -0.2) is 36.3 Å². The number of rotatable bonds is 4. The molecule has 1 aliphatic heterocycles. The van der Waals surface area contributed by atoms with E-state index in [0.29, 0.717) is 17.7 Å². The van der Waals surface area contributed by atoms with Crippen molar-refractivity contribution in [2.75, 3.05) is 13.7 Å². The third-order valence-electron chi connectivity index (χ3n) is 4.08. The number of nitrogens with one attached hydrogen (secondary N) is 1. The molecular formula is C19H18N2O4. The summed E-state index contributed by atoms with van der Waals surface area (Å²) in [7, 11) is 1.31. The minimum absolute atomic E-state index is 0.0322. The Bertz CT molecular complexity index is 787. The van der Waals surface area contributed by atoms with Crippen LogP contribution in [0.1, 0.15) is 27.5 Å². The number of hydrogen-bond donors (Lipinski definition) is 1. The van der Waals surface area contributed by atoms with Crippen LogP contribution in [0.5, 0.6) is 0 Å². The van der Waals surface area contributed by atoms with Crippen LogP contribution in [0.3, 0.4) is 0 Å². The largest absolute Gasteiger partial charge is 0.465 e. The zero-order chi connectivity index (χ0) is 17.8. The maximum atomic E-state index is 12.8. The van der Waals surface area contributed by atoms with Crippen molar-refractivity contribution in [1.82, 2.24) is 10.2 Å². The second-order valence-electron chi connectivity index (χ2n) is 5.79. The Morgan fingerprint density at radius 2 is 1.80 bits per heavy atom. The summed E-state index contributed by atoms with van der Waals surface area (Å²) in [5, 5.41) is 2.71. The Balaban J connectivity index is 1.80. The summed E-state index contributed by atoms with van der Waals surface area (Å²) in [6.45, 7) is 0.411. The Labute approximate surface area is 145 Å². The van der Waals surface area contributed by atoms with Gasteiger partial charge in [-0.15, -0.1) is 0 Å². The number of hydrogen-bond acceptors (Lipinski definition) is 4. The zero-order valence-electron chi connectivity index (χ0n) is 13.8. The lowest BCUT2D eigenvalue weighted by Crippen LogP contribution is -2.52. The number of esters is 1. The Hall–Kier alpha value is -3.15. The molecule has 1 N–H and O–H groups in total. The van der Waals surface area contributed by atoms with E-state index in [0.717, 1.165) is 5.56 Å². The first-order valence-corrected chi connectivity index (χ1v) is 7.89. The van der Waals surface area contributed by atoms with E-state index in [1.54, 1.807) is 24.3 Å². The molecule has 1 fully saturated rings. The van der Waals surface area contributed by atoms with Crippen LogP contribution in [-0.2, 0) is 20.9 Å². The number of carbonyl (C=O) groups is 3. The molecule has 0 aromatic heterocycles. The molecule has 6 nitrogen and oxygen atoms in total. The molecule has 1 heterocycles. The molecule has 0 aliphatic carbocycles. The van der Waals surface area contributed by atoms with Gasteiger partial charge >= 0.3 is 5.97 Å². The fourth-order valence-corrected chi connectivity index (χ4v) is 2.80. The number of nitrogens with zero attached hydrogens (tertiary/aromatic N) is 1. The molecule has 1 unspecified atom stereocenters. The number of ether oxygens (including phenoxy) is 1. The van der Waals surface area contributed by atoms with Crippen molar-refractivity contribution in [3.05, 3.63) is 71.3 Å². The number of methoxy groups -OCH3 is 1. The van der Waals surface area contributed by atoms with Gasteiger partial charge in [-0.1, -0.05) is 42.5 Å². The molecule has 3 rings (SSSR count). The molecule has 25 heavy (non-hydrogen) atoms. The van der Waals surface area contributed by atoms with Crippen molar-refractivity contribution in [2.45, 2.75) is 12.6 Å². The highest BCUT2D eigenvalue weighted by Crippen LogP contribution is 2.21. The van der Waals surface area contributed by atoms with Crippen molar-refractivity contribution in [3.8, 4) is 0 Å². The van der Waals surface area contributed by atoms with Crippen molar-refractivity contribution in [2.24, 2.45) is 0 Å². The molecule has 2 aromatic carbocycles. The monoisotopic (exact) mass is 338 g/mol. The van der Waals surface area contributed by atoms with Crippen LogP contribution in [0.15, 0.2) is 54.6 Å². The van der Waals surface area contributed by atoms with Crippen LogP contribution in [0, 0.1) is 0 Å². The molecule has 2 amide bonds. The Morgan fingerprint density at radius 3 is 2.44 bits per heavy atom. The third-order valence-corrected chi connectivity index (χ3v) is 4.08. The summed E-state index contributed by atoms with van der Waals surface area (Å²) in [6.07, 6.45) is 0. The second kappa shape index (κ2) is 7.17. The first-order chi connectivity index (χ1) is 12.1. The normalized spacial score (nSPS) is 17.2. The molecule has 6 heteroatoms. The number of benzene rings is 2. The van der Waals surface area contributed by atoms with Crippen LogP contribution < -0.4 is 5.32 Å². The maximum Gasteiger partial charge on any atom is 0.337 e. The standard InChI is InChI=1S/C19H18N2O4/c1-25-19(24)15-9-7-14(8-10-15)17-18(23)21(12-16(22)20-17)11-13-5-3-2-4-6-13/h2-10,17H,11-12H2,1H3,(H,20,22). The minimum atomic E-state index is -0.753. The fraction of sp³-hybridized carbons (Fsp3) is 0.211. The highest BCUT2D eigenvalue weighted by molar-refractivity contribution is 5.96. The average molecular weight is 338 g/mol. The number of piperazine rings is 1. The van der Waals surface area contributed by atoms with Gasteiger partial charge in [0.15, 0.2) is 0 Å². The smallest absolute Gasteiger partial charge is 0.337 e. The second-order valence-corrected chi connectivity index (χ2v) is 5.79. The lowest BCUT2D eigenvalue weighted by atomic mass is 10.0. The Morgan fingerprint density at radius 1 is 1.12 bits per heavy atom. The highest BCUT2D eigenvalue weighted by Gasteiger charge is 2.33. The van der Waals surface area contributed by atoms with Gasteiger partial charge in [-0.2, -0.15) is 0 Å². The SMILES string of the molecule is COC(=O)c1ccc(C2NC(=O)CN(Cc3ccccc3)C2=O)cc1. The van der Waals surface area contributed by atoms with Gasteiger partial charge in [0.1, 0.15) is 6.04 Å². The molecule has 0 saturated carbocycles. The summed E-state index contributed by atoms with van der Waals surface area (Å²) in [4.78, 5) is 37.8. The molecule has 2 aromatic rings. The van der Waals surface area contributed by atoms with E-state index in [9.17, 15) is 14.4 Å². The first kappa shape index (κ1) is 16.7. The van der Waals surface area contributed by atoms with Crippen LogP contribution >= 0.6 is 0 Å². The lowest BCUT2D eigenvalue weighted by Gasteiger charge is -2.32. The highest BCUT2D eigenvalue weighted by atomic mass is 16.5. The molecular weight excluding hydrogens is 320 g/mol. The summed E-state index contributed by atoms with van der Waals surface area (Å²) in [5.41, 5.74) is 1.98. The van der Waals surface area contributed by atoms with Gasteiger partial charge in [-0.3, -0.25) is 9.59 Å². The van der Waals surface area contributed by atoms with Crippen LogP contribution in [0.2, 0.25) is 0 Å². The molecule has 1 saturated heterocycles. The molecule has 0 spiro atoms. The van der Waals surface area contributed by atoms with Crippen molar-refractivity contribution >= 4 is 17.8 Å². The quantitative estimate of drug-likeness (QED) is 0.861. The van der Waals surface area contributed by atoms with E-state index in [1.807, 2.05) is 30.3 Å². The average Bonchev–Trinajstić information content (AvgIpc) is 2.65. The molecule has 0 bridgehead atoms. The van der Waals surface area contributed by atoms with E-state index in [1.165, 1.54) is 12.0 Å². The topological polar surface area (TPSA) is 75.7 Å². The maximum absolute atomic E-state index is 12.8. The summed E-state index contributed by atoms with van der Waals surface area (Å²) >= 11 is 0. The Kier molecular flexibility index (Phi) is 4.79. The fourth-order valence-electron chi connectivity index (χ4n) is 2.80. The van der Waals surface area contributed by atoms with Gasteiger partial charge in [0.05, 0.1) is 19.2 Å². The molecule has 1 aliphatic rings. The molecule has 1 atom stereocenters. The van der Waals surface area contributed by atoms with Gasteiger partial charge < -0.3 is 15.0 Å². The molecule has 128 valence electrons. The van der Waals surface area contributed by atoms with Crippen LogP contribution in [0.25, 0.3) is 0 Å². The summed E-state index contributed by atoms with van der Waals surface area (Å²) in [5.74, 6) is -0.830. The van der Waals surface area contributed by atoms with Crippen molar-refractivity contribution < 1.29 is 19.1 Å². The minimum Gasteiger partial charge on any atom is -0.465 e. The lowest BCUT2D eigenvalue weighted by molar-refractivity contribution is -0.145. The number of carbonyl (C=O) groups excluding carboxylic acids is 3. The van der Waals surface area contributed by atoms with E-state index >= 15 is 0 Å². The van der Waals surface area contributed by atoms with Gasteiger partial charge in [0, 0.05) is 6.54 Å². The van der Waals surface area contributed by atoms with E-state index in [4.69, 9.17) is 0 Å². The molecule has 0 radical (unpaired) electrons. The predicted molar refractivity (Wildman–Crippen MR) is 90.5 cm³/mol.